The number of carbonyl (C=O) groups excluding carboxylic acids is 2. The van der Waals surface area contributed by atoms with Crippen LogP contribution in [0.15, 0.2) is 24.3 Å². The molecule has 0 aromatic heterocycles. The molecule has 72 heavy (non-hydrogen) atoms. The lowest BCUT2D eigenvalue weighted by Crippen LogP contribution is -2.28. The van der Waals surface area contributed by atoms with Crippen LogP contribution in [-0.2, 0) is 19.1 Å². The molecular formula is C67H128O5. The van der Waals surface area contributed by atoms with E-state index in [9.17, 15) is 14.7 Å². The number of rotatable bonds is 62. The molecular weight excluding hydrogens is 885 g/mol. The molecule has 5 heteroatoms. The Morgan fingerprint density at radius 1 is 0.306 bits per heavy atom. The molecule has 426 valence electrons. The molecule has 0 rings (SSSR count). The fourth-order valence-corrected chi connectivity index (χ4v) is 10.3. The number of hydrogen-bond donors (Lipinski definition) is 1. The fourth-order valence-electron chi connectivity index (χ4n) is 10.3. The highest BCUT2D eigenvalue weighted by Crippen LogP contribution is 2.18. The summed E-state index contributed by atoms with van der Waals surface area (Å²) in [6, 6.07) is 0. The van der Waals surface area contributed by atoms with E-state index in [4.69, 9.17) is 9.47 Å². The molecule has 5 nitrogen and oxygen atoms in total. The predicted octanol–water partition coefficient (Wildman–Crippen LogP) is 22.4. The summed E-state index contributed by atoms with van der Waals surface area (Å²) in [6.45, 7) is 4.20. The second-order valence-electron chi connectivity index (χ2n) is 22.5. The van der Waals surface area contributed by atoms with Crippen LogP contribution in [0.1, 0.15) is 373 Å². The van der Waals surface area contributed by atoms with E-state index in [1.165, 1.54) is 308 Å². The first-order valence-corrected chi connectivity index (χ1v) is 32.9. The summed E-state index contributed by atoms with van der Waals surface area (Å²) in [4.78, 5) is 24.6. The van der Waals surface area contributed by atoms with Crippen molar-refractivity contribution in [3.63, 3.8) is 0 Å². The van der Waals surface area contributed by atoms with Crippen LogP contribution in [0.25, 0.3) is 0 Å². The van der Waals surface area contributed by atoms with Crippen LogP contribution in [0.4, 0.5) is 0 Å². The summed E-state index contributed by atoms with van der Waals surface area (Å²) in [6.07, 6.45) is 82.0. The largest absolute Gasteiger partial charge is 0.462 e. The molecule has 0 saturated heterocycles. The highest BCUT2D eigenvalue weighted by molar-refractivity contribution is 5.70. The molecule has 0 aliphatic carbocycles. The summed E-state index contributed by atoms with van der Waals surface area (Å²) in [5.41, 5.74) is 0. The highest BCUT2D eigenvalue weighted by Gasteiger charge is 2.16. The van der Waals surface area contributed by atoms with E-state index in [0.29, 0.717) is 12.8 Å². The van der Waals surface area contributed by atoms with Crippen molar-refractivity contribution in [3.8, 4) is 0 Å². The van der Waals surface area contributed by atoms with Gasteiger partial charge in [-0.3, -0.25) is 9.59 Å². The zero-order valence-corrected chi connectivity index (χ0v) is 49.0. The second kappa shape index (κ2) is 63.7. The number of carbonyl (C=O) groups is 2. The maximum Gasteiger partial charge on any atom is 0.306 e. The Morgan fingerprint density at radius 3 is 0.750 bits per heavy atom. The Morgan fingerprint density at radius 2 is 0.514 bits per heavy atom. The van der Waals surface area contributed by atoms with Gasteiger partial charge in [0.1, 0.15) is 6.61 Å². The molecule has 0 aromatic carbocycles. The van der Waals surface area contributed by atoms with Crippen LogP contribution in [0, 0.1) is 0 Å². The molecule has 0 radical (unpaired) electrons. The van der Waals surface area contributed by atoms with Gasteiger partial charge in [-0.05, 0) is 64.2 Å². The maximum absolute atomic E-state index is 12.3. The lowest BCUT2D eigenvalue weighted by Gasteiger charge is -2.15. The number of aliphatic hydroxyl groups is 1. The first-order valence-electron chi connectivity index (χ1n) is 32.9. The number of aliphatic hydroxyl groups excluding tert-OH is 1. The SMILES string of the molecule is CCCCCCCCCC/C=C\CCCCCCCCCCCCCCCCCCCCCCCC(=O)OC(CO)COC(=O)CCCCCCCCCCCCCCC/C=C\CCCCCCCCCC. The monoisotopic (exact) mass is 1010 g/mol. The number of hydrogen-bond acceptors (Lipinski definition) is 5. The van der Waals surface area contributed by atoms with Gasteiger partial charge in [-0.2, -0.15) is 0 Å². The first-order chi connectivity index (χ1) is 35.6. The lowest BCUT2D eigenvalue weighted by atomic mass is 10.0. The van der Waals surface area contributed by atoms with Crippen molar-refractivity contribution in [3.05, 3.63) is 24.3 Å². The van der Waals surface area contributed by atoms with Crippen molar-refractivity contribution < 1.29 is 24.2 Å². The van der Waals surface area contributed by atoms with E-state index in [1.807, 2.05) is 0 Å². The summed E-state index contributed by atoms with van der Waals surface area (Å²) >= 11 is 0. The number of ether oxygens (including phenoxy) is 2. The van der Waals surface area contributed by atoms with E-state index < -0.39 is 6.10 Å². The molecule has 1 N–H and O–H groups in total. The topological polar surface area (TPSA) is 72.8 Å². The van der Waals surface area contributed by atoms with Crippen LogP contribution in [-0.4, -0.2) is 36.4 Å². The van der Waals surface area contributed by atoms with Gasteiger partial charge in [0.15, 0.2) is 6.10 Å². The first kappa shape index (κ1) is 70.4. The average Bonchev–Trinajstić information content (AvgIpc) is 3.38. The van der Waals surface area contributed by atoms with E-state index in [-0.39, 0.29) is 25.2 Å². The standard InChI is InChI=1S/C67H128O5/c1-3-5-7-9-11-13-15-17-19-21-23-25-27-29-30-31-32-33-34-35-36-38-40-42-44-46-48-50-52-54-56-58-60-62-67(70)72-65(63-68)64-71-66(69)61-59-57-55-53-51-49-47-45-43-41-39-37-28-26-24-22-20-18-16-14-12-10-8-6-4-2/h21-24,65,68H,3-20,25-64H2,1-2H3/b23-21-,24-22-. The summed E-state index contributed by atoms with van der Waals surface area (Å²) < 4.78 is 10.8. The van der Waals surface area contributed by atoms with Gasteiger partial charge >= 0.3 is 11.9 Å². The third kappa shape index (κ3) is 60.9. The molecule has 0 heterocycles. The fraction of sp³-hybridized carbons (Fsp3) is 0.910. The average molecular weight is 1010 g/mol. The van der Waals surface area contributed by atoms with Crippen molar-refractivity contribution in [1.82, 2.24) is 0 Å². The quantitative estimate of drug-likeness (QED) is 0.0373. The Hall–Kier alpha value is -1.62. The summed E-state index contributed by atoms with van der Waals surface area (Å²) in [7, 11) is 0. The normalized spacial score (nSPS) is 12.2. The van der Waals surface area contributed by atoms with Gasteiger partial charge < -0.3 is 14.6 Å². The van der Waals surface area contributed by atoms with Crippen molar-refractivity contribution >= 4 is 11.9 Å². The van der Waals surface area contributed by atoms with E-state index >= 15 is 0 Å². The Labute approximate surface area is 451 Å². The van der Waals surface area contributed by atoms with Gasteiger partial charge in [0.05, 0.1) is 6.61 Å². The van der Waals surface area contributed by atoms with Crippen LogP contribution in [0.2, 0.25) is 0 Å². The minimum Gasteiger partial charge on any atom is -0.462 e. The smallest absolute Gasteiger partial charge is 0.306 e. The van der Waals surface area contributed by atoms with Crippen molar-refractivity contribution in [2.45, 2.75) is 380 Å². The van der Waals surface area contributed by atoms with Crippen LogP contribution in [0.5, 0.6) is 0 Å². The summed E-state index contributed by atoms with van der Waals surface area (Å²) in [5.74, 6) is -0.567. The number of allylic oxidation sites excluding steroid dienone is 4. The minimum absolute atomic E-state index is 0.0592. The Kier molecular flexibility index (Phi) is 62.2. The minimum atomic E-state index is -0.769. The van der Waals surface area contributed by atoms with E-state index in [1.54, 1.807) is 0 Å². The molecule has 1 unspecified atom stereocenters. The molecule has 0 aromatic rings. The number of unbranched alkanes of at least 4 members (excludes halogenated alkanes) is 50. The van der Waals surface area contributed by atoms with Gasteiger partial charge in [-0.15, -0.1) is 0 Å². The molecule has 0 bridgehead atoms. The molecule has 0 spiro atoms. The third-order valence-electron chi connectivity index (χ3n) is 15.2. The lowest BCUT2D eigenvalue weighted by molar-refractivity contribution is -0.161. The van der Waals surface area contributed by atoms with Gasteiger partial charge in [0, 0.05) is 12.8 Å². The van der Waals surface area contributed by atoms with Gasteiger partial charge in [-0.25, -0.2) is 0 Å². The van der Waals surface area contributed by atoms with Crippen LogP contribution < -0.4 is 0 Å². The summed E-state index contributed by atoms with van der Waals surface area (Å²) in [5, 5.41) is 9.68. The zero-order chi connectivity index (χ0) is 52.0. The molecule has 1 atom stereocenters. The van der Waals surface area contributed by atoms with Crippen molar-refractivity contribution in [1.29, 1.82) is 0 Å². The van der Waals surface area contributed by atoms with Crippen LogP contribution >= 0.6 is 0 Å². The molecule has 0 fully saturated rings. The molecule has 0 aliphatic heterocycles. The number of esters is 2. The molecule has 0 aliphatic rings. The van der Waals surface area contributed by atoms with Crippen molar-refractivity contribution in [2.75, 3.05) is 13.2 Å². The zero-order valence-electron chi connectivity index (χ0n) is 49.0. The Bertz CT molecular complexity index is 1100. The van der Waals surface area contributed by atoms with Crippen LogP contribution in [0.3, 0.4) is 0 Å². The predicted molar refractivity (Wildman–Crippen MR) is 316 cm³/mol. The highest BCUT2D eigenvalue weighted by atomic mass is 16.6. The molecule has 0 amide bonds. The van der Waals surface area contributed by atoms with Gasteiger partial charge in [0.25, 0.3) is 0 Å². The third-order valence-corrected chi connectivity index (χ3v) is 15.2. The molecule has 0 saturated carbocycles. The van der Waals surface area contributed by atoms with Gasteiger partial charge in [-0.1, -0.05) is 321 Å². The maximum atomic E-state index is 12.3. The van der Waals surface area contributed by atoms with Gasteiger partial charge in [0.2, 0.25) is 0 Å². The van der Waals surface area contributed by atoms with E-state index in [0.717, 1.165) is 38.5 Å². The van der Waals surface area contributed by atoms with Crippen molar-refractivity contribution in [2.24, 2.45) is 0 Å². The van der Waals surface area contributed by atoms with E-state index in [2.05, 4.69) is 38.2 Å². The Balaban J connectivity index is 3.39. The second-order valence-corrected chi connectivity index (χ2v) is 22.5.